The maximum atomic E-state index is 6.60. The smallest absolute Gasteiger partial charge is 0.143 e. The van der Waals surface area contributed by atoms with Crippen LogP contribution in [-0.2, 0) is 0 Å². The van der Waals surface area contributed by atoms with E-state index in [4.69, 9.17) is 4.42 Å². The summed E-state index contributed by atoms with van der Waals surface area (Å²) in [5.74, 6) is 0.573. The summed E-state index contributed by atoms with van der Waals surface area (Å²) in [6.45, 7) is 0. The van der Waals surface area contributed by atoms with Gasteiger partial charge in [-0.05, 0) is 107 Å². The Morgan fingerprint density at radius 3 is 2.03 bits per heavy atom. The van der Waals surface area contributed by atoms with Crippen molar-refractivity contribution in [2.24, 2.45) is 0 Å². The second-order valence-corrected chi connectivity index (χ2v) is 16.7. The Morgan fingerprint density at radius 1 is 0.459 bits per heavy atom. The molecule has 1 saturated carbocycles. The summed E-state index contributed by atoms with van der Waals surface area (Å²) in [5, 5.41) is 7.40. The van der Waals surface area contributed by atoms with Gasteiger partial charge >= 0.3 is 0 Å². The zero-order valence-electron chi connectivity index (χ0n) is 34.0. The van der Waals surface area contributed by atoms with Gasteiger partial charge in [-0.25, -0.2) is 0 Å². The number of rotatable bonds is 7. The van der Waals surface area contributed by atoms with Gasteiger partial charge in [0, 0.05) is 49.7 Å². The molecule has 9 aromatic carbocycles. The minimum absolute atomic E-state index is 0.573. The van der Waals surface area contributed by atoms with Crippen molar-refractivity contribution in [3.8, 4) is 27.9 Å². The number of para-hydroxylation sites is 5. The highest BCUT2D eigenvalue weighted by atomic mass is 16.3. The van der Waals surface area contributed by atoms with Gasteiger partial charge in [0.25, 0.3) is 0 Å². The molecule has 12 rings (SSSR count). The standard InChI is InChI=1S/C58H44N2O/c1-3-17-39(18-4-1)45-28-14-19-40-20-15-30-50(57(40)45)47-25-7-10-32-53(47)59(43-24-13-21-41(37-43)46-29-16-31-51-49-27-9-12-34-56(49)61-58(46)51)44-35-36-55-52(38-44)48-26-8-11-33-54(48)60(55)42-22-5-2-6-23-42/h2,5-16,19-39H,1,3-4,17-18H2. The summed E-state index contributed by atoms with van der Waals surface area (Å²) in [5.41, 5.74) is 14.8. The molecule has 11 aromatic rings. The molecular formula is C58H44N2O. The molecule has 2 aromatic heterocycles. The van der Waals surface area contributed by atoms with E-state index in [1.165, 1.54) is 81.4 Å². The summed E-state index contributed by atoms with van der Waals surface area (Å²) in [4.78, 5) is 2.48. The molecule has 3 nitrogen and oxygen atoms in total. The lowest BCUT2D eigenvalue weighted by Crippen LogP contribution is -2.12. The van der Waals surface area contributed by atoms with Crippen LogP contribution in [0.25, 0.3) is 82.5 Å². The Labute approximate surface area is 355 Å². The van der Waals surface area contributed by atoms with Crippen LogP contribution >= 0.6 is 0 Å². The zero-order valence-corrected chi connectivity index (χ0v) is 34.0. The van der Waals surface area contributed by atoms with Crippen LogP contribution in [0.2, 0.25) is 0 Å². The van der Waals surface area contributed by atoms with E-state index in [1.807, 2.05) is 6.07 Å². The average Bonchev–Trinajstić information content (AvgIpc) is 3.88. The van der Waals surface area contributed by atoms with Gasteiger partial charge in [0.05, 0.1) is 16.7 Å². The van der Waals surface area contributed by atoms with Gasteiger partial charge in [0.1, 0.15) is 11.2 Å². The minimum Gasteiger partial charge on any atom is -0.455 e. The van der Waals surface area contributed by atoms with E-state index in [9.17, 15) is 0 Å². The summed E-state index contributed by atoms with van der Waals surface area (Å²) in [7, 11) is 0. The fourth-order valence-electron chi connectivity index (χ4n) is 10.4. The molecule has 0 saturated heterocycles. The van der Waals surface area contributed by atoms with Crippen LogP contribution in [0.1, 0.15) is 43.6 Å². The number of benzene rings is 9. The Bertz CT molecular complexity index is 3420. The first-order chi connectivity index (χ1) is 30.3. The fraction of sp³-hybridized carbons (Fsp3) is 0.103. The molecule has 0 amide bonds. The molecule has 0 bridgehead atoms. The largest absolute Gasteiger partial charge is 0.455 e. The van der Waals surface area contributed by atoms with E-state index in [2.05, 4.69) is 204 Å². The molecule has 1 aliphatic carbocycles. The van der Waals surface area contributed by atoms with E-state index < -0.39 is 0 Å². The van der Waals surface area contributed by atoms with Crippen molar-refractivity contribution in [2.75, 3.05) is 4.90 Å². The molecule has 3 heteroatoms. The van der Waals surface area contributed by atoms with Gasteiger partial charge in [0.2, 0.25) is 0 Å². The molecule has 0 aliphatic heterocycles. The number of fused-ring (bicyclic) bond motifs is 7. The van der Waals surface area contributed by atoms with Crippen molar-refractivity contribution in [3.05, 3.63) is 206 Å². The lowest BCUT2D eigenvalue weighted by molar-refractivity contribution is 0.445. The highest BCUT2D eigenvalue weighted by molar-refractivity contribution is 6.12. The van der Waals surface area contributed by atoms with E-state index in [0.717, 1.165) is 55.8 Å². The number of nitrogens with zero attached hydrogens (tertiary/aromatic N) is 2. The first-order valence-electron chi connectivity index (χ1n) is 21.8. The van der Waals surface area contributed by atoms with Crippen molar-refractivity contribution < 1.29 is 4.42 Å². The SMILES string of the molecule is c1ccc(-n2c3ccccc3c3cc(N(c4cccc(-c5cccc6c5oc5ccccc56)c4)c4ccccc4-c4cccc5cccc(C6CCCCC6)c45)ccc32)cc1. The summed E-state index contributed by atoms with van der Waals surface area (Å²) in [6.07, 6.45) is 6.44. The molecule has 0 spiro atoms. The van der Waals surface area contributed by atoms with Crippen LogP contribution in [-0.4, -0.2) is 4.57 Å². The predicted molar refractivity (Wildman–Crippen MR) is 257 cm³/mol. The predicted octanol–water partition coefficient (Wildman–Crippen LogP) is 16.7. The van der Waals surface area contributed by atoms with Crippen molar-refractivity contribution in [1.29, 1.82) is 0 Å². The monoisotopic (exact) mass is 784 g/mol. The van der Waals surface area contributed by atoms with Crippen LogP contribution in [0, 0.1) is 0 Å². The van der Waals surface area contributed by atoms with E-state index >= 15 is 0 Å². The molecule has 0 radical (unpaired) electrons. The minimum atomic E-state index is 0.573. The molecular weight excluding hydrogens is 741 g/mol. The maximum absolute atomic E-state index is 6.60. The topological polar surface area (TPSA) is 21.3 Å². The van der Waals surface area contributed by atoms with Crippen LogP contribution in [0.15, 0.2) is 205 Å². The van der Waals surface area contributed by atoms with E-state index in [1.54, 1.807) is 0 Å². The van der Waals surface area contributed by atoms with E-state index in [0.29, 0.717) is 5.92 Å². The summed E-state index contributed by atoms with van der Waals surface area (Å²) in [6, 6.07) is 73.3. The maximum Gasteiger partial charge on any atom is 0.143 e. The highest BCUT2D eigenvalue weighted by Gasteiger charge is 2.24. The third-order valence-electron chi connectivity index (χ3n) is 13.2. The first kappa shape index (κ1) is 35.6. The van der Waals surface area contributed by atoms with E-state index in [-0.39, 0.29) is 0 Å². The van der Waals surface area contributed by atoms with Crippen molar-refractivity contribution in [3.63, 3.8) is 0 Å². The van der Waals surface area contributed by atoms with Crippen molar-refractivity contribution in [2.45, 2.75) is 38.0 Å². The Hall–Kier alpha value is -7.36. The number of aromatic nitrogens is 1. The van der Waals surface area contributed by atoms with Crippen molar-refractivity contribution in [1.82, 2.24) is 4.57 Å². The second kappa shape index (κ2) is 14.7. The molecule has 61 heavy (non-hydrogen) atoms. The van der Waals surface area contributed by atoms with Crippen LogP contribution in [0.3, 0.4) is 0 Å². The molecule has 0 N–H and O–H groups in total. The fourth-order valence-corrected chi connectivity index (χ4v) is 10.4. The highest BCUT2D eigenvalue weighted by Crippen LogP contribution is 2.48. The third kappa shape index (κ3) is 5.95. The Balaban J connectivity index is 1.11. The average molecular weight is 785 g/mol. The van der Waals surface area contributed by atoms with Gasteiger partial charge in [-0.3, -0.25) is 0 Å². The van der Waals surface area contributed by atoms with Gasteiger partial charge in [-0.2, -0.15) is 0 Å². The van der Waals surface area contributed by atoms with Gasteiger partial charge < -0.3 is 13.9 Å². The summed E-state index contributed by atoms with van der Waals surface area (Å²) >= 11 is 0. The van der Waals surface area contributed by atoms with Crippen LogP contribution < -0.4 is 4.90 Å². The molecule has 292 valence electrons. The quantitative estimate of drug-likeness (QED) is 0.161. The van der Waals surface area contributed by atoms with Crippen LogP contribution in [0.5, 0.6) is 0 Å². The number of anilines is 3. The normalized spacial score (nSPS) is 13.5. The van der Waals surface area contributed by atoms with Crippen LogP contribution in [0.4, 0.5) is 17.1 Å². The number of hydrogen-bond acceptors (Lipinski definition) is 2. The lowest BCUT2D eigenvalue weighted by Gasteiger charge is -2.29. The zero-order chi connectivity index (χ0) is 40.3. The molecule has 1 aliphatic rings. The molecule has 0 unspecified atom stereocenters. The first-order valence-corrected chi connectivity index (χ1v) is 21.8. The van der Waals surface area contributed by atoms with Gasteiger partial charge in [-0.15, -0.1) is 0 Å². The Morgan fingerprint density at radius 2 is 1.13 bits per heavy atom. The molecule has 1 fully saturated rings. The Kier molecular flexibility index (Phi) is 8.59. The number of furan rings is 1. The number of hydrogen-bond donors (Lipinski definition) is 0. The third-order valence-corrected chi connectivity index (χ3v) is 13.2. The molecule has 2 heterocycles. The van der Waals surface area contributed by atoms with Gasteiger partial charge in [0.15, 0.2) is 0 Å². The summed E-state index contributed by atoms with van der Waals surface area (Å²) < 4.78 is 8.99. The van der Waals surface area contributed by atoms with Gasteiger partial charge in [-0.1, -0.05) is 159 Å². The lowest BCUT2D eigenvalue weighted by atomic mass is 9.80. The molecule has 0 atom stereocenters. The second-order valence-electron chi connectivity index (χ2n) is 16.7. The van der Waals surface area contributed by atoms with Crippen molar-refractivity contribution >= 4 is 71.6 Å².